The van der Waals surface area contributed by atoms with Crippen LogP contribution in [0, 0.1) is 0 Å². The Kier molecular flexibility index (Phi) is 4.38. The summed E-state index contributed by atoms with van der Waals surface area (Å²) in [5.41, 5.74) is 7.73. The molecule has 1 saturated heterocycles. The predicted molar refractivity (Wildman–Crippen MR) is 97.3 cm³/mol. The molecule has 1 fully saturated rings. The largest absolute Gasteiger partial charge is 0.496 e. The second-order valence-corrected chi connectivity index (χ2v) is 6.54. The normalized spacial score (nSPS) is 18.1. The number of aromatic nitrogens is 3. The molecule has 0 spiro atoms. The Morgan fingerprint density at radius 1 is 1.24 bits per heavy atom. The van der Waals surface area contributed by atoms with Crippen LogP contribution in [-0.4, -0.2) is 40.1 Å². The van der Waals surface area contributed by atoms with E-state index in [1.54, 1.807) is 7.11 Å². The summed E-state index contributed by atoms with van der Waals surface area (Å²) in [4.78, 5) is 2.46. The van der Waals surface area contributed by atoms with Crippen LogP contribution in [0.1, 0.15) is 23.7 Å². The van der Waals surface area contributed by atoms with Gasteiger partial charge in [0.1, 0.15) is 5.75 Å². The Bertz CT molecular complexity index is 875. The molecule has 25 heavy (non-hydrogen) atoms. The van der Waals surface area contributed by atoms with Gasteiger partial charge in [0.2, 0.25) is 0 Å². The number of rotatable bonds is 5. The molecule has 2 heterocycles. The fourth-order valence-electron chi connectivity index (χ4n) is 3.65. The first kappa shape index (κ1) is 16.1. The summed E-state index contributed by atoms with van der Waals surface area (Å²) < 4.78 is 7.59. The van der Waals surface area contributed by atoms with E-state index in [4.69, 9.17) is 10.5 Å². The predicted octanol–water partition coefficient (Wildman–Crippen LogP) is 2.35. The van der Waals surface area contributed by atoms with Gasteiger partial charge in [-0.25, -0.2) is 4.68 Å². The lowest BCUT2D eigenvalue weighted by atomic mass is 10.0. The van der Waals surface area contributed by atoms with Crippen LogP contribution < -0.4 is 10.5 Å². The number of benzene rings is 2. The molecule has 2 aromatic carbocycles. The Morgan fingerprint density at radius 3 is 2.92 bits per heavy atom. The van der Waals surface area contributed by atoms with Crippen LogP contribution in [0.2, 0.25) is 0 Å². The highest BCUT2D eigenvalue weighted by molar-refractivity contribution is 5.87. The van der Waals surface area contributed by atoms with Gasteiger partial charge in [-0.2, -0.15) is 0 Å². The highest BCUT2D eigenvalue weighted by atomic mass is 16.5. The molecule has 1 aliphatic rings. The fourth-order valence-corrected chi connectivity index (χ4v) is 3.65. The molecule has 0 saturated carbocycles. The molecule has 3 aromatic rings. The number of fused-ring (bicyclic) bond motifs is 1. The monoisotopic (exact) mass is 337 g/mol. The van der Waals surface area contributed by atoms with Gasteiger partial charge in [0, 0.05) is 31.7 Å². The van der Waals surface area contributed by atoms with Crippen molar-refractivity contribution in [1.82, 2.24) is 19.9 Å². The lowest BCUT2D eigenvalue weighted by Gasteiger charge is -2.19. The van der Waals surface area contributed by atoms with E-state index in [0.717, 1.165) is 37.5 Å². The first-order valence-corrected chi connectivity index (χ1v) is 8.66. The average molecular weight is 337 g/mol. The number of ether oxygens (including phenoxy) is 1. The molecule has 1 aromatic heterocycles. The SMILES string of the molecule is COc1ccc2ccccc2c1CN1CCC(n2cc(CN)nn2)C1. The summed E-state index contributed by atoms with van der Waals surface area (Å²) in [5.74, 6) is 0.952. The van der Waals surface area contributed by atoms with Gasteiger partial charge in [-0.1, -0.05) is 35.5 Å². The van der Waals surface area contributed by atoms with E-state index in [1.165, 1.54) is 16.3 Å². The molecule has 0 radical (unpaired) electrons. The van der Waals surface area contributed by atoms with Gasteiger partial charge in [0.05, 0.1) is 25.0 Å². The average Bonchev–Trinajstić information content (AvgIpc) is 3.31. The molecule has 1 aliphatic heterocycles. The standard InChI is InChI=1S/C19H23N5O/c1-25-19-7-6-14-4-2-3-5-17(14)18(19)13-23-9-8-16(12-23)24-11-15(10-20)21-22-24/h2-7,11,16H,8-10,12-13,20H2,1H3. The Labute approximate surface area is 147 Å². The van der Waals surface area contributed by atoms with Crippen molar-refractivity contribution in [2.75, 3.05) is 20.2 Å². The van der Waals surface area contributed by atoms with Gasteiger partial charge in [0.25, 0.3) is 0 Å². The molecule has 0 bridgehead atoms. The zero-order valence-corrected chi connectivity index (χ0v) is 14.4. The zero-order valence-electron chi connectivity index (χ0n) is 14.4. The zero-order chi connectivity index (χ0) is 17.2. The summed E-state index contributed by atoms with van der Waals surface area (Å²) in [7, 11) is 1.74. The summed E-state index contributed by atoms with van der Waals surface area (Å²) in [6.45, 7) is 3.30. The maximum atomic E-state index is 5.64. The third kappa shape index (κ3) is 3.10. The van der Waals surface area contributed by atoms with Gasteiger partial charge < -0.3 is 10.5 Å². The van der Waals surface area contributed by atoms with Crippen molar-refractivity contribution in [2.45, 2.75) is 25.6 Å². The minimum absolute atomic E-state index is 0.355. The van der Waals surface area contributed by atoms with Crippen molar-refractivity contribution in [1.29, 1.82) is 0 Å². The number of hydrogen-bond acceptors (Lipinski definition) is 5. The van der Waals surface area contributed by atoms with E-state index in [1.807, 2.05) is 10.9 Å². The van der Waals surface area contributed by atoms with Crippen LogP contribution >= 0.6 is 0 Å². The van der Waals surface area contributed by atoms with E-state index in [2.05, 4.69) is 51.6 Å². The summed E-state index contributed by atoms with van der Waals surface area (Å²) in [6, 6.07) is 13.0. The Morgan fingerprint density at radius 2 is 2.12 bits per heavy atom. The highest BCUT2D eigenvalue weighted by Gasteiger charge is 2.26. The summed E-state index contributed by atoms with van der Waals surface area (Å²) >= 11 is 0. The molecule has 2 N–H and O–H groups in total. The third-order valence-electron chi connectivity index (χ3n) is 4.99. The van der Waals surface area contributed by atoms with Crippen molar-refractivity contribution < 1.29 is 4.74 Å². The third-order valence-corrected chi connectivity index (χ3v) is 4.99. The van der Waals surface area contributed by atoms with Crippen LogP contribution in [-0.2, 0) is 13.1 Å². The maximum Gasteiger partial charge on any atom is 0.123 e. The molecule has 4 rings (SSSR count). The molecule has 6 heteroatoms. The second kappa shape index (κ2) is 6.82. The number of nitrogens with two attached hydrogens (primary N) is 1. The number of methoxy groups -OCH3 is 1. The van der Waals surface area contributed by atoms with Crippen molar-refractivity contribution in [3.8, 4) is 5.75 Å². The lowest BCUT2D eigenvalue weighted by molar-refractivity contribution is 0.304. The fraction of sp³-hybridized carbons (Fsp3) is 0.368. The van der Waals surface area contributed by atoms with Gasteiger partial charge in [0.15, 0.2) is 0 Å². The quantitative estimate of drug-likeness (QED) is 0.774. The van der Waals surface area contributed by atoms with Crippen LogP contribution in [0.3, 0.4) is 0 Å². The molecular weight excluding hydrogens is 314 g/mol. The maximum absolute atomic E-state index is 5.64. The van der Waals surface area contributed by atoms with E-state index in [9.17, 15) is 0 Å². The molecule has 0 aliphatic carbocycles. The molecular formula is C19H23N5O. The minimum atomic E-state index is 0.355. The first-order chi connectivity index (χ1) is 12.3. The van der Waals surface area contributed by atoms with Crippen LogP contribution in [0.15, 0.2) is 42.6 Å². The van der Waals surface area contributed by atoms with Gasteiger partial charge in [-0.3, -0.25) is 4.90 Å². The van der Waals surface area contributed by atoms with Gasteiger partial charge >= 0.3 is 0 Å². The smallest absolute Gasteiger partial charge is 0.123 e. The van der Waals surface area contributed by atoms with Crippen molar-refractivity contribution >= 4 is 10.8 Å². The molecule has 0 amide bonds. The minimum Gasteiger partial charge on any atom is -0.496 e. The lowest BCUT2D eigenvalue weighted by Crippen LogP contribution is -2.22. The van der Waals surface area contributed by atoms with E-state index in [0.29, 0.717) is 12.6 Å². The number of hydrogen-bond donors (Lipinski definition) is 1. The Hall–Kier alpha value is -2.44. The summed E-state index contributed by atoms with van der Waals surface area (Å²) in [6.07, 6.45) is 3.03. The van der Waals surface area contributed by atoms with Crippen molar-refractivity contribution in [3.05, 3.63) is 53.9 Å². The van der Waals surface area contributed by atoms with E-state index in [-0.39, 0.29) is 0 Å². The van der Waals surface area contributed by atoms with Gasteiger partial charge in [-0.05, 0) is 23.3 Å². The highest BCUT2D eigenvalue weighted by Crippen LogP contribution is 2.31. The number of likely N-dealkylation sites (tertiary alicyclic amines) is 1. The molecule has 1 unspecified atom stereocenters. The molecule has 130 valence electrons. The second-order valence-electron chi connectivity index (χ2n) is 6.54. The van der Waals surface area contributed by atoms with E-state index < -0.39 is 0 Å². The van der Waals surface area contributed by atoms with Crippen LogP contribution in [0.4, 0.5) is 0 Å². The Balaban J connectivity index is 1.56. The van der Waals surface area contributed by atoms with Crippen molar-refractivity contribution in [2.24, 2.45) is 5.73 Å². The summed E-state index contributed by atoms with van der Waals surface area (Å²) in [5, 5.41) is 10.8. The van der Waals surface area contributed by atoms with Crippen LogP contribution in [0.5, 0.6) is 5.75 Å². The van der Waals surface area contributed by atoms with Crippen LogP contribution in [0.25, 0.3) is 10.8 Å². The first-order valence-electron chi connectivity index (χ1n) is 8.66. The van der Waals surface area contributed by atoms with E-state index >= 15 is 0 Å². The number of nitrogens with zero attached hydrogens (tertiary/aromatic N) is 4. The molecule has 6 nitrogen and oxygen atoms in total. The van der Waals surface area contributed by atoms with Crippen molar-refractivity contribution in [3.63, 3.8) is 0 Å². The van der Waals surface area contributed by atoms with Gasteiger partial charge in [-0.15, -0.1) is 5.10 Å². The molecule has 1 atom stereocenters. The topological polar surface area (TPSA) is 69.2 Å².